The van der Waals surface area contributed by atoms with Gasteiger partial charge in [-0.05, 0) is 18.4 Å². The lowest BCUT2D eigenvalue weighted by atomic mass is 9.70. The predicted molar refractivity (Wildman–Crippen MR) is 81.6 cm³/mol. The van der Waals surface area contributed by atoms with E-state index in [9.17, 15) is 5.11 Å². The van der Waals surface area contributed by atoms with Crippen LogP contribution in [0.1, 0.15) is 38.1 Å². The minimum Gasteiger partial charge on any atom is -0.392 e. The molecule has 0 spiro atoms. The molecule has 1 atom stereocenters. The van der Waals surface area contributed by atoms with Crippen LogP contribution in [0.25, 0.3) is 0 Å². The molecule has 108 valence electrons. The standard InChI is InChI=1S/C17H24N2O/c1-4-17(5-2,14-9-7-6-8-10-14)15(20)13-16-18-11-12-19(16)3/h6-12,15,20H,4-5,13H2,1-3H3. The summed E-state index contributed by atoms with van der Waals surface area (Å²) in [7, 11) is 1.97. The number of aliphatic hydroxyl groups excluding tert-OH is 1. The van der Waals surface area contributed by atoms with Crippen LogP contribution in [-0.4, -0.2) is 20.8 Å². The summed E-state index contributed by atoms with van der Waals surface area (Å²) >= 11 is 0. The van der Waals surface area contributed by atoms with Gasteiger partial charge in [0.1, 0.15) is 5.82 Å². The molecule has 3 nitrogen and oxygen atoms in total. The molecule has 2 aromatic rings. The highest BCUT2D eigenvalue weighted by molar-refractivity contribution is 5.27. The Bertz CT molecular complexity index is 529. The van der Waals surface area contributed by atoms with Crippen LogP contribution in [0, 0.1) is 0 Å². The Labute approximate surface area is 121 Å². The summed E-state index contributed by atoms with van der Waals surface area (Å²) in [6.45, 7) is 4.30. The highest BCUT2D eigenvalue weighted by Crippen LogP contribution is 2.36. The first kappa shape index (κ1) is 14.8. The Morgan fingerprint density at radius 1 is 1.20 bits per heavy atom. The van der Waals surface area contributed by atoms with Crippen molar-refractivity contribution in [3.8, 4) is 0 Å². The lowest BCUT2D eigenvalue weighted by Crippen LogP contribution is -2.40. The molecular weight excluding hydrogens is 248 g/mol. The van der Waals surface area contributed by atoms with Crippen LogP contribution < -0.4 is 0 Å². The van der Waals surface area contributed by atoms with Crippen LogP contribution in [-0.2, 0) is 18.9 Å². The zero-order valence-electron chi connectivity index (χ0n) is 12.6. The van der Waals surface area contributed by atoms with Crippen LogP contribution in [0.15, 0.2) is 42.7 Å². The molecule has 0 bridgehead atoms. The molecule has 1 aromatic carbocycles. The number of nitrogens with zero attached hydrogens (tertiary/aromatic N) is 2. The van der Waals surface area contributed by atoms with E-state index in [1.165, 1.54) is 5.56 Å². The van der Waals surface area contributed by atoms with E-state index < -0.39 is 6.10 Å². The van der Waals surface area contributed by atoms with E-state index in [0.29, 0.717) is 6.42 Å². The van der Waals surface area contributed by atoms with Gasteiger partial charge < -0.3 is 9.67 Å². The fourth-order valence-electron chi connectivity index (χ4n) is 3.05. The number of hydrogen-bond donors (Lipinski definition) is 1. The van der Waals surface area contributed by atoms with Crippen molar-refractivity contribution in [2.75, 3.05) is 0 Å². The summed E-state index contributed by atoms with van der Waals surface area (Å²) in [6, 6.07) is 10.3. The Hall–Kier alpha value is -1.61. The highest BCUT2D eigenvalue weighted by Gasteiger charge is 2.36. The summed E-state index contributed by atoms with van der Waals surface area (Å²) in [4.78, 5) is 4.33. The quantitative estimate of drug-likeness (QED) is 0.877. The molecule has 1 N–H and O–H groups in total. The summed E-state index contributed by atoms with van der Waals surface area (Å²) < 4.78 is 1.98. The maximum Gasteiger partial charge on any atom is 0.110 e. The predicted octanol–water partition coefficient (Wildman–Crippen LogP) is 3.08. The van der Waals surface area contributed by atoms with Crippen molar-refractivity contribution in [1.82, 2.24) is 9.55 Å². The fraction of sp³-hybridized carbons (Fsp3) is 0.471. The maximum absolute atomic E-state index is 10.9. The van der Waals surface area contributed by atoms with E-state index in [-0.39, 0.29) is 5.41 Å². The van der Waals surface area contributed by atoms with E-state index in [4.69, 9.17) is 0 Å². The van der Waals surface area contributed by atoms with Gasteiger partial charge in [0, 0.05) is 31.3 Å². The number of aliphatic hydroxyl groups is 1. The molecular formula is C17H24N2O. The van der Waals surface area contributed by atoms with Crippen molar-refractivity contribution in [1.29, 1.82) is 0 Å². The SMILES string of the molecule is CCC(CC)(c1ccccc1)C(O)Cc1nccn1C. The lowest BCUT2D eigenvalue weighted by molar-refractivity contribution is 0.0711. The molecule has 0 radical (unpaired) electrons. The summed E-state index contributed by atoms with van der Waals surface area (Å²) in [6.07, 6.45) is 5.69. The summed E-state index contributed by atoms with van der Waals surface area (Å²) in [5, 5.41) is 10.9. The molecule has 0 aliphatic heterocycles. The average Bonchev–Trinajstić information content (AvgIpc) is 2.87. The monoisotopic (exact) mass is 272 g/mol. The van der Waals surface area contributed by atoms with Crippen molar-refractivity contribution in [3.63, 3.8) is 0 Å². The van der Waals surface area contributed by atoms with Crippen molar-refractivity contribution in [2.24, 2.45) is 7.05 Å². The fourth-order valence-corrected chi connectivity index (χ4v) is 3.05. The van der Waals surface area contributed by atoms with Gasteiger partial charge in [0.15, 0.2) is 0 Å². The molecule has 0 fully saturated rings. The van der Waals surface area contributed by atoms with Crippen LogP contribution >= 0.6 is 0 Å². The van der Waals surface area contributed by atoms with Crippen molar-refractivity contribution in [3.05, 3.63) is 54.1 Å². The molecule has 0 aliphatic rings. The Balaban J connectivity index is 2.30. The van der Waals surface area contributed by atoms with E-state index >= 15 is 0 Å². The first-order chi connectivity index (χ1) is 9.64. The number of rotatable bonds is 6. The Kier molecular flexibility index (Phi) is 4.61. The highest BCUT2D eigenvalue weighted by atomic mass is 16.3. The van der Waals surface area contributed by atoms with E-state index in [0.717, 1.165) is 18.7 Å². The third kappa shape index (κ3) is 2.63. The molecule has 1 unspecified atom stereocenters. The smallest absolute Gasteiger partial charge is 0.110 e. The van der Waals surface area contributed by atoms with Gasteiger partial charge in [-0.25, -0.2) is 4.98 Å². The zero-order valence-corrected chi connectivity index (χ0v) is 12.6. The van der Waals surface area contributed by atoms with Crippen LogP contribution in [0.2, 0.25) is 0 Å². The number of aryl methyl sites for hydroxylation is 1. The van der Waals surface area contributed by atoms with Crippen molar-refractivity contribution < 1.29 is 5.11 Å². The number of aromatic nitrogens is 2. The summed E-state index contributed by atoms with van der Waals surface area (Å²) in [5.41, 5.74) is 1.01. The van der Waals surface area contributed by atoms with Gasteiger partial charge in [-0.3, -0.25) is 0 Å². The number of hydrogen-bond acceptors (Lipinski definition) is 2. The number of benzene rings is 1. The van der Waals surface area contributed by atoms with Crippen LogP contribution in [0.4, 0.5) is 0 Å². The van der Waals surface area contributed by atoms with E-state index in [1.807, 2.05) is 36.0 Å². The largest absolute Gasteiger partial charge is 0.392 e. The topological polar surface area (TPSA) is 38.1 Å². The van der Waals surface area contributed by atoms with E-state index in [2.05, 4.69) is 31.0 Å². The molecule has 3 heteroatoms. The van der Waals surface area contributed by atoms with Gasteiger partial charge in [-0.1, -0.05) is 44.2 Å². The zero-order chi connectivity index (χ0) is 14.6. The second kappa shape index (κ2) is 6.23. The van der Waals surface area contributed by atoms with Gasteiger partial charge in [0.05, 0.1) is 6.10 Å². The number of imidazole rings is 1. The summed E-state index contributed by atoms with van der Waals surface area (Å²) in [5.74, 6) is 0.930. The Morgan fingerprint density at radius 2 is 1.85 bits per heavy atom. The molecule has 2 rings (SSSR count). The molecule has 1 heterocycles. The first-order valence-electron chi connectivity index (χ1n) is 7.33. The molecule has 0 saturated heterocycles. The van der Waals surface area contributed by atoms with Crippen LogP contribution in [0.5, 0.6) is 0 Å². The molecule has 1 aromatic heterocycles. The lowest BCUT2D eigenvalue weighted by Gasteiger charge is -2.37. The van der Waals surface area contributed by atoms with Crippen LogP contribution in [0.3, 0.4) is 0 Å². The first-order valence-corrected chi connectivity index (χ1v) is 7.33. The van der Waals surface area contributed by atoms with Gasteiger partial charge in [-0.2, -0.15) is 0 Å². The second-order valence-electron chi connectivity index (χ2n) is 5.40. The molecule has 20 heavy (non-hydrogen) atoms. The maximum atomic E-state index is 10.9. The minimum absolute atomic E-state index is 0.201. The minimum atomic E-state index is -0.430. The normalized spacial score (nSPS) is 13.4. The van der Waals surface area contributed by atoms with Gasteiger partial charge in [0.25, 0.3) is 0 Å². The van der Waals surface area contributed by atoms with Gasteiger partial charge >= 0.3 is 0 Å². The van der Waals surface area contributed by atoms with Gasteiger partial charge in [-0.15, -0.1) is 0 Å². The van der Waals surface area contributed by atoms with Crippen molar-refractivity contribution >= 4 is 0 Å². The third-order valence-corrected chi connectivity index (χ3v) is 4.55. The van der Waals surface area contributed by atoms with Crippen molar-refractivity contribution in [2.45, 2.75) is 44.6 Å². The average molecular weight is 272 g/mol. The second-order valence-corrected chi connectivity index (χ2v) is 5.40. The molecule has 0 saturated carbocycles. The molecule has 0 aliphatic carbocycles. The Morgan fingerprint density at radius 3 is 2.35 bits per heavy atom. The van der Waals surface area contributed by atoms with E-state index in [1.54, 1.807) is 6.20 Å². The third-order valence-electron chi connectivity index (χ3n) is 4.55. The molecule has 0 amide bonds. The van der Waals surface area contributed by atoms with Gasteiger partial charge in [0.2, 0.25) is 0 Å².